The Kier molecular flexibility index (Phi) is 9.26. The van der Waals surface area contributed by atoms with Gasteiger partial charge in [-0.05, 0) is 18.4 Å². The van der Waals surface area contributed by atoms with Crippen LogP contribution in [0.3, 0.4) is 0 Å². The molecule has 0 saturated heterocycles. The number of nitrogens with two attached hydrogens (primary N) is 2. The van der Waals surface area contributed by atoms with E-state index in [0.29, 0.717) is 0 Å². The zero-order valence-electron chi connectivity index (χ0n) is 15.5. The van der Waals surface area contributed by atoms with E-state index in [1.165, 1.54) is 0 Å². The van der Waals surface area contributed by atoms with Gasteiger partial charge in [0.2, 0.25) is 17.7 Å². The van der Waals surface area contributed by atoms with Crippen molar-refractivity contribution in [2.45, 2.75) is 43.8 Å². The monoisotopic (exact) mass is 408 g/mol. The molecule has 0 fully saturated rings. The standard InChI is InChI=1S/C18H24N4O7/c19-11(8-10-4-2-1-3-5-10)16(26)21-12(6-7-14(20)23)17(27)22-13(18(28)29)9-15(24)25/h1-5,11-13H,6-9,19H2,(H2,20,23)(H,21,26)(H,22,27)(H,24,25)(H,28,29)/t11-,12-,13-/m0/s1. The fraction of sp³-hybridized carbons (Fsp3) is 0.389. The Bertz CT molecular complexity index is 754. The number of nitrogens with one attached hydrogen (secondary N) is 2. The van der Waals surface area contributed by atoms with Gasteiger partial charge in [-0.3, -0.25) is 19.2 Å². The first-order valence-corrected chi connectivity index (χ1v) is 8.73. The van der Waals surface area contributed by atoms with Crippen LogP contribution in [-0.2, 0) is 30.4 Å². The Morgan fingerprint density at radius 3 is 2.03 bits per heavy atom. The lowest BCUT2D eigenvalue weighted by Crippen LogP contribution is -2.55. The normalized spacial score (nSPS) is 13.6. The Balaban J connectivity index is 2.82. The maximum absolute atomic E-state index is 12.4. The molecule has 1 aromatic carbocycles. The number of hydrogen-bond donors (Lipinski definition) is 6. The Morgan fingerprint density at radius 1 is 0.931 bits per heavy atom. The maximum atomic E-state index is 12.4. The van der Waals surface area contributed by atoms with Gasteiger partial charge in [-0.1, -0.05) is 30.3 Å². The summed E-state index contributed by atoms with van der Waals surface area (Å²) in [6.45, 7) is 0. The summed E-state index contributed by atoms with van der Waals surface area (Å²) in [6.07, 6.45) is -1.13. The minimum absolute atomic E-state index is 0.188. The third kappa shape index (κ3) is 8.84. The summed E-state index contributed by atoms with van der Waals surface area (Å²) in [7, 11) is 0. The molecule has 0 aliphatic carbocycles. The van der Waals surface area contributed by atoms with E-state index in [1.807, 2.05) is 5.32 Å². The summed E-state index contributed by atoms with van der Waals surface area (Å²) in [5.41, 5.74) is 11.7. The van der Waals surface area contributed by atoms with Crippen LogP contribution in [0.25, 0.3) is 0 Å². The molecule has 0 heterocycles. The number of carbonyl (C=O) groups is 5. The fourth-order valence-electron chi connectivity index (χ4n) is 2.44. The first-order chi connectivity index (χ1) is 13.6. The van der Waals surface area contributed by atoms with Gasteiger partial charge in [-0.15, -0.1) is 0 Å². The van der Waals surface area contributed by atoms with Crippen molar-refractivity contribution in [2.75, 3.05) is 0 Å². The maximum Gasteiger partial charge on any atom is 0.326 e. The van der Waals surface area contributed by atoms with Gasteiger partial charge >= 0.3 is 11.9 Å². The lowest BCUT2D eigenvalue weighted by Gasteiger charge is -2.22. The van der Waals surface area contributed by atoms with Gasteiger partial charge in [0.05, 0.1) is 12.5 Å². The first kappa shape index (κ1) is 23.6. The summed E-state index contributed by atoms with van der Waals surface area (Å²) in [5.74, 6) is -5.36. The largest absolute Gasteiger partial charge is 0.481 e. The van der Waals surface area contributed by atoms with E-state index in [2.05, 4.69) is 5.32 Å². The van der Waals surface area contributed by atoms with Crippen LogP contribution in [0, 0.1) is 0 Å². The van der Waals surface area contributed by atoms with Gasteiger partial charge in [0, 0.05) is 6.42 Å². The molecular formula is C18H24N4O7. The topological polar surface area (TPSA) is 202 Å². The van der Waals surface area contributed by atoms with Crippen molar-refractivity contribution < 1.29 is 34.2 Å². The zero-order chi connectivity index (χ0) is 22.0. The number of aliphatic carboxylic acids is 2. The molecule has 1 aromatic rings. The molecule has 11 nitrogen and oxygen atoms in total. The minimum atomic E-state index is -1.70. The van der Waals surface area contributed by atoms with E-state index in [0.717, 1.165) is 5.56 Å². The highest BCUT2D eigenvalue weighted by molar-refractivity contribution is 5.93. The van der Waals surface area contributed by atoms with Crippen LogP contribution in [0.4, 0.5) is 0 Å². The van der Waals surface area contributed by atoms with E-state index in [9.17, 15) is 24.0 Å². The third-order valence-corrected chi connectivity index (χ3v) is 3.94. The van der Waals surface area contributed by atoms with Gasteiger partial charge in [0.1, 0.15) is 12.1 Å². The number of benzene rings is 1. The quantitative estimate of drug-likeness (QED) is 0.236. The zero-order valence-corrected chi connectivity index (χ0v) is 15.5. The molecule has 1 rings (SSSR count). The van der Waals surface area contributed by atoms with Crippen LogP contribution in [-0.4, -0.2) is 58.0 Å². The van der Waals surface area contributed by atoms with E-state index >= 15 is 0 Å². The van der Waals surface area contributed by atoms with Gasteiger partial charge in [0.15, 0.2) is 0 Å². The number of amides is 3. The highest BCUT2D eigenvalue weighted by atomic mass is 16.4. The van der Waals surface area contributed by atoms with Crippen molar-refractivity contribution in [1.82, 2.24) is 10.6 Å². The van der Waals surface area contributed by atoms with Crippen molar-refractivity contribution in [2.24, 2.45) is 11.5 Å². The lowest BCUT2D eigenvalue weighted by atomic mass is 10.0. The van der Waals surface area contributed by atoms with Crippen molar-refractivity contribution >= 4 is 29.7 Å². The van der Waals surface area contributed by atoms with E-state index in [-0.39, 0.29) is 19.3 Å². The smallest absolute Gasteiger partial charge is 0.326 e. The van der Waals surface area contributed by atoms with Crippen LogP contribution < -0.4 is 22.1 Å². The van der Waals surface area contributed by atoms with Crippen LogP contribution in [0.1, 0.15) is 24.8 Å². The van der Waals surface area contributed by atoms with Gasteiger partial charge < -0.3 is 32.3 Å². The van der Waals surface area contributed by atoms with E-state index in [4.69, 9.17) is 21.7 Å². The summed E-state index contributed by atoms with van der Waals surface area (Å²) in [4.78, 5) is 57.7. The fourth-order valence-corrected chi connectivity index (χ4v) is 2.44. The molecule has 0 bridgehead atoms. The molecule has 0 aliphatic rings. The van der Waals surface area contributed by atoms with Crippen LogP contribution >= 0.6 is 0 Å². The number of carboxylic acid groups (broad SMARTS) is 2. The van der Waals surface area contributed by atoms with E-state index < -0.39 is 54.2 Å². The molecule has 0 spiro atoms. The summed E-state index contributed by atoms with van der Waals surface area (Å²) < 4.78 is 0. The summed E-state index contributed by atoms with van der Waals surface area (Å²) in [5, 5.41) is 22.2. The SMILES string of the molecule is NC(=O)CC[C@H](NC(=O)[C@@H](N)Cc1ccccc1)C(=O)N[C@@H](CC(=O)O)C(=O)O. The highest BCUT2D eigenvalue weighted by Crippen LogP contribution is 2.05. The van der Waals surface area contributed by atoms with Gasteiger partial charge in [-0.25, -0.2) is 4.79 Å². The van der Waals surface area contributed by atoms with E-state index in [1.54, 1.807) is 30.3 Å². The molecule has 3 amide bonds. The molecule has 0 aromatic heterocycles. The Hall–Kier alpha value is -3.47. The number of hydrogen-bond acceptors (Lipinski definition) is 6. The van der Waals surface area contributed by atoms with Crippen LogP contribution in [0.5, 0.6) is 0 Å². The second kappa shape index (κ2) is 11.4. The summed E-state index contributed by atoms with van der Waals surface area (Å²) in [6, 6.07) is 4.88. The summed E-state index contributed by atoms with van der Waals surface area (Å²) >= 11 is 0. The average Bonchev–Trinajstić information content (AvgIpc) is 2.64. The second-order valence-corrected chi connectivity index (χ2v) is 6.36. The van der Waals surface area contributed by atoms with Crippen LogP contribution in [0.15, 0.2) is 30.3 Å². The highest BCUT2D eigenvalue weighted by Gasteiger charge is 2.29. The molecule has 11 heteroatoms. The number of rotatable bonds is 12. The Labute approximate surface area is 166 Å². The predicted molar refractivity (Wildman–Crippen MR) is 100 cm³/mol. The average molecular weight is 408 g/mol. The minimum Gasteiger partial charge on any atom is -0.481 e. The van der Waals surface area contributed by atoms with Crippen molar-refractivity contribution in [1.29, 1.82) is 0 Å². The number of primary amides is 1. The molecule has 3 atom stereocenters. The van der Waals surface area contributed by atoms with Crippen molar-refractivity contribution in [3.05, 3.63) is 35.9 Å². The first-order valence-electron chi connectivity index (χ1n) is 8.73. The molecular weight excluding hydrogens is 384 g/mol. The molecule has 0 saturated carbocycles. The molecule has 8 N–H and O–H groups in total. The van der Waals surface area contributed by atoms with Crippen LogP contribution in [0.2, 0.25) is 0 Å². The molecule has 0 unspecified atom stereocenters. The molecule has 0 aliphatic heterocycles. The number of carboxylic acids is 2. The lowest BCUT2D eigenvalue weighted by molar-refractivity contribution is -0.147. The Morgan fingerprint density at radius 2 is 1.52 bits per heavy atom. The van der Waals surface area contributed by atoms with Crippen molar-refractivity contribution in [3.63, 3.8) is 0 Å². The molecule has 29 heavy (non-hydrogen) atoms. The van der Waals surface area contributed by atoms with Crippen molar-refractivity contribution in [3.8, 4) is 0 Å². The third-order valence-electron chi connectivity index (χ3n) is 3.94. The number of carbonyl (C=O) groups excluding carboxylic acids is 3. The van der Waals surface area contributed by atoms with Gasteiger partial charge in [-0.2, -0.15) is 0 Å². The van der Waals surface area contributed by atoms with Gasteiger partial charge in [0.25, 0.3) is 0 Å². The second-order valence-electron chi connectivity index (χ2n) is 6.36. The molecule has 0 radical (unpaired) electrons. The molecule has 158 valence electrons. The predicted octanol–water partition coefficient (Wildman–Crippen LogP) is -1.65.